The summed E-state index contributed by atoms with van der Waals surface area (Å²) in [6, 6.07) is 11.2. The number of fused-ring (bicyclic) bond motifs is 1. The van der Waals surface area contributed by atoms with E-state index in [9.17, 15) is 5.11 Å². The van der Waals surface area contributed by atoms with Crippen molar-refractivity contribution >= 4 is 27.0 Å². The third kappa shape index (κ3) is 1.78. The Labute approximate surface area is 113 Å². The standard InChI is InChI=1S/C14H11BrN2O/c1-8-6-9(15)7-11-13(8)17-14(16-11)10-4-2-3-5-12(10)18/h2-7,18H,1H3,(H,16,17). The molecular formula is C14H11BrN2O. The summed E-state index contributed by atoms with van der Waals surface area (Å²) in [5.41, 5.74) is 3.69. The lowest BCUT2D eigenvalue weighted by Crippen LogP contribution is -1.80. The van der Waals surface area contributed by atoms with E-state index in [1.165, 1.54) is 0 Å². The third-order valence-electron chi connectivity index (χ3n) is 2.90. The quantitative estimate of drug-likeness (QED) is 0.713. The zero-order valence-electron chi connectivity index (χ0n) is 9.74. The van der Waals surface area contributed by atoms with Crippen molar-refractivity contribution in [3.63, 3.8) is 0 Å². The number of rotatable bonds is 1. The number of hydrogen-bond acceptors (Lipinski definition) is 2. The van der Waals surface area contributed by atoms with Crippen LogP contribution in [0.3, 0.4) is 0 Å². The minimum Gasteiger partial charge on any atom is -0.507 e. The zero-order chi connectivity index (χ0) is 12.7. The predicted molar refractivity (Wildman–Crippen MR) is 75.6 cm³/mol. The summed E-state index contributed by atoms with van der Waals surface area (Å²) in [5, 5.41) is 9.84. The summed E-state index contributed by atoms with van der Waals surface area (Å²) in [6.45, 7) is 2.02. The molecule has 2 N–H and O–H groups in total. The maximum atomic E-state index is 9.84. The summed E-state index contributed by atoms with van der Waals surface area (Å²) in [5.74, 6) is 0.914. The zero-order valence-corrected chi connectivity index (χ0v) is 11.3. The SMILES string of the molecule is Cc1cc(Br)cc2[nH]c(-c3ccccc3O)nc12. The number of phenolic OH excluding ortho intramolecular Hbond substituents is 1. The number of H-pyrrole nitrogens is 1. The summed E-state index contributed by atoms with van der Waals surface area (Å²) in [4.78, 5) is 7.78. The highest BCUT2D eigenvalue weighted by atomic mass is 79.9. The molecule has 3 nitrogen and oxygen atoms in total. The Morgan fingerprint density at radius 1 is 1.22 bits per heavy atom. The van der Waals surface area contributed by atoms with E-state index in [4.69, 9.17) is 0 Å². The van der Waals surface area contributed by atoms with Crippen LogP contribution in [0.5, 0.6) is 5.75 Å². The van der Waals surface area contributed by atoms with Crippen molar-refractivity contribution in [2.75, 3.05) is 0 Å². The van der Waals surface area contributed by atoms with Crippen molar-refractivity contribution in [3.05, 3.63) is 46.4 Å². The number of aromatic amines is 1. The maximum absolute atomic E-state index is 9.84. The van der Waals surface area contributed by atoms with Gasteiger partial charge in [-0.3, -0.25) is 0 Å². The van der Waals surface area contributed by atoms with Crippen LogP contribution in [-0.2, 0) is 0 Å². The van der Waals surface area contributed by atoms with Gasteiger partial charge in [-0.1, -0.05) is 28.1 Å². The van der Waals surface area contributed by atoms with E-state index in [-0.39, 0.29) is 5.75 Å². The number of nitrogens with one attached hydrogen (secondary N) is 1. The number of halogens is 1. The van der Waals surface area contributed by atoms with Gasteiger partial charge in [-0.15, -0.1) is 0 Å². The largest absolute Gasteiger partial charge is 0.507 e. The Morgan fingerprint density at radius 2 is 2.00 bits per heavy atom. The van der Waals surface area contributed by atoms with Gasteiger partial charge in [-0.05, 0) is 36.8 Å². The smallest absolute Gasteiger partial charge is 0.142 e. The van der Waals surface area contributed by atoms with Crippen molar-refractivity contribution in [2.24, 2.45) is 0 Å². The van der Waals surface area contributed by atoms with Crippen LogP contribution < -0.4 is 0 Å². The molecule has 0 atom stereocenters. The molecular weight excluding hydrogens is 292 g/mol. The Morgan fingerprint density at radius 3 is 2.78 bits per heavy atom. The first kappa shape index (κ1) is 11.3. The monoisotopic (exact) mass is 302 g/mol. The second-order valence-corrected chi connectivity index (χ2v) is 5.14. The molecule has 18 heavy (non-hydrogen) atoms. The fraction of sp³-hybridized carbons (Fsp3) is 0.0714. The van der Waals surface area contributed by atoms with Crippen LogP contribution in [0.1, 0.15) is 5.56 Å². The van der Waals surface area contributed by atoms with Crippen LogP contribution in [0.2, 0.25) is 0 Å². The van der Waals surface area contributed by atoms with Gasteiger partial charge in [0.25, 0.3) is 0 Å². The lowest BCUT2D eigenvalue weighted by atomic mass is 10.2. The molecule has 0 saturated carbocycles. The molecule has 0 amide bonds. The van der Waals surface area contributed by atoms with Crippen molar-refractivity contribution < 1.29 is 5.11 Å². The second-order valence-electron chi connectivity index (χ2n) is 4.22. The normalized spacial score (nSPS) is 11.0. The number of para-hydroxylation sites is 1. The van der Waals surface area contributed by atoms with Gasteiger partial charge in [0.15, 0.2) is 0 Å². The van der Waals surface area contributed by atoms with Crippen molar-refractivity contribution in [2.45, 2.75) is 6.92 Å². The minimum atomic E-state index is 0.230. The number of benzene rings is 2. The number of nitrogens with zero attached hydrogens (tertiary/aromatic N) is 1. The van der Waals surface area contributed by atoms with Crippen molar-refractivity contribution in [1.82, 2.24) is 9.97 Å². The van der Waals surface area contributed by atoms with Gasteiger partial charge >= 0.3 is 0 Å². The van der Waals surface area contributed by atoms with E-state index in [2.05, 4.69) is 25.9 Å². The number of imidazole rings is 1. The summed E-state index contributed by atoms with van der Waals surface area (Å²) in [6.07, 6.45) is 0. The molecule has 0 aliphatic carbocycles. The lowest BCUT2D eigenvalue weighted by Gasteiger charge is -1.98. The van der Waals surface area contributed by atoms with Crippen LogP contribution in [0.15, 0.2) is 40.9 Å². The van der Waals surface area contributed by atoms with E-state index < -0.39 is 0 Å². The fourth-order valence-corrected chi connectivity index (χ4v) is 2.62. The molecule has 1 heterocycles. The van der Waals surface area contributed by atoms with E-state index in [1.54, 1.807) is 12.1 Å². The molecule has 0 unspecified atom stereocenters. The van der Waals surface area contributed by atoms with Gasteiger partial charge in [0.1, 0.15) is 11.6 Å². The van der Waals surface area contributed by atoms with E-state index in [0.29, 0.717) is 11.4 Å². The lowest BCUT2D eigenvalue weighted by molar-refractivity contribution is 0.477. The number of aryl methyl sites for hydroxylation is 1. The first-order chi connectivity index (χ1) is 8.65. The number of phenols is 1. The molecule has 0 radical (unpaired) electrons. The molecule has 4 heteroatoms. The average molecular weight is 303 g/mol. The fourth-order valence-electron chi connectivity index (χ4n) is 2.05. The molecule has 0 aliphatic rings. The molecule has 3 rings (SSSR count). The molecule has 90 valence electrons. The highest BCUT2D eigenvalue weighted by Gasteiger charge is 2.10. The van der Waals surface area contributed by atoms with Crippen LogP contribution in [0, 0.1) is 6.92 Å². The van der Waals surface area contributed by atoms with Gasteiger partial charge in [0, 0.05) is 4.47 Å². The molecule has 2 aromatic carbocycles. The van der Waals surface area contributed by atoms with E-state index in [0.717, 1.165) is 21.1 Å². The minimum absolute atomic E-state index is 0.230. The number of aromatic hydroxyl groups is 1. The Kier molecular flexibility index (Phi) is 2.59. The van der Waals surface area contributed by atoms with Gasteiger partial charge in [0.2, 0.25) is 0 Å². The first-order valence-electron chi connectivity index (χ1n) is 5.59. The van der Waals surface area contributed by atoms with Crippen LogP contribution in [0.25, 0.3) is 22.4 Å². The summed E-state index contributed by atoms with van der Waals surface area (Å²) in [7, 11) is 0. The van der Waals surface area contributed by atoms with Crippen LogP contribution in [0.4, 0.5) is 0 Å². The summed E-state index contributed by atoms with van der Waals surface area (Å²) >= 11 is 3.47. The Hall–Kier alpha value is -1.81. The maximum Gasteiger partial charge on any atom is 0.142 e. The highest BCUT2D eigenvalue weighted by Crippen LogP contribution is 2.30. The highest BCUT2D eigenvalue weighted by molar-refractivity contribution is 9.10. The van der Waals surface area contributed by atoms with Crippen molar-refractivity contribution in [1.29, 1.82) is 0 Å². The molecule has 0 fully saturated rings. The first-order valence-corrected chi connectivity index (χ1v) is 6.38. The second kappa shape index (κ2) is 4.14. The van der Waals surface area contributed by atoms with Gasteiger partial charge < -0.3 is 10.1 Å². The Bertz CT molecular complexity index is 734. The van der Waals surface area contributed by atoms with Gasteiger partial charge in [-0.2, -0.15) is 0 Å². The molecule has 0 saturated heterocycles. The Balaban J connectivity index is 2.26. The van der Waals surface area contributed by atoms with Gasteiger partial charge in [-0.25, -0.2) is 4.98 Å². The third-order valence-corrected chi connectivity index (χ3v) is 3.36. The van der Waals surface area contributed by atoms with Crippen LogP contribution >= 0.6 is 15.9 Å². The summed E-state index contributed by atoms with van der Waals surface area (Å²) < 4.78 is 1.01. The predicted octanol–water partition coefficient (Wildman–Crippen LogP) is 4.01. The molecule has 0 bridgehead atoms. The average Bonchev–Trinajstić information content (AvgIpc) is 2.73. The van der Waals surface area contributed by atoms with Crippen LogP contribution in [-0.4, -0.2) is 15.1 Å². The molecule has 0 aliphatic heterocycles. The number of aromatic nitrogens is 2. The molecule has 3 aromatic rings. The topological polar surface area (TPSA) is 48.9 Å². The van der Waals surface area contributed by atoms with E-state index >= 15 is 0 Å². The molecule has 1 aromatic heterocycles. The van der Waals surface area contributed by atoms with Crippen molar-refractivity contribution in [3.8, 4) is 17.1 Å². The van der Waals surface area contributed by atoms with E-state index in [1.807, 2.05) is 31.2 Å². The van der Waals surface area contributed by atoms with Gasteiger partial charge in [0.05, 0.1) is 16.6 Å². The molecule has 0 spiro atoms. The number of hydrogen-bond donors (Lipinski definition) is 2.